The fraction of sp³-hybridized carbons (Fsp3) is 0.333. The first-order chi connectivity index (χ1) is 11.1. The summed E-state index contributed by atoms with van der Waals surface area (Å²) < 4.78 is 12.0. The van der Waals surface area contributed by atoms with Gasteiger partial charge in [-0.15, -0.1) is 0 Å². The lowest BCUT2D eigenvalue weighted by Gasteiger charge is -2.19. The number of carbonyl (C=O) groups excluding carboxylic acids is 2. The number of rotatable bonds is 5. The van der Waals surface area contributed by atoms with E-state index in [1.807, 2.05) is 48.0 Å². The van der Waals surface area contributed by atoms with Crippen molar-refractivity contribution in [3.05, 3.63) is 59.9 Å². The molecule has 2 aromatic rings. The minimum absolute atomic E-state index is 0.0120. The molecule has 23 heavy (non-hydrogen) atoms. The van der Waals surface area contributed by atoms with E-state index in [4.69, 9.17) is 9.47 Å². The lowest BCUT2D eigenvalue weighted by molar-refractivity contribution is -0.153. The van der Waals surface area contributed by atoms with Gasteiger partial charge in [0.2, 0.25) is 5.60 Å². The molecule has 120 valence electrons. The van der Waals surface area contributed by atoms with Gasteiger partial charge in [0.15, 0.2) is 0 Å². The van der Waals surface area contributed by atoms with Crippen LogP contribution in [0.5, 0.6) is 0 Å². The Hall–Kier alpha value is -2.56. The van der Waals surface area contributed by atoms with Crippen LogP contribution >= 0.6 is 0 Å². The molecule has 0 radical (unpaired) electrons. The highest BCUT2D eigenvalue weighted by molar-refractivity contribution is 5.92. The molecule has 1 atom stereocenters. The van der Waals surface area contributed by atoms with Gasteiger partial charge in [-0.05, 0) is 24.6 Å². The molecule has 0 saturated heterocycles. The molecular weight excluding hydrogens is 294 g/mol. The Bertz CT molecular complexity index is 716. The standard InChI is InChI=1S/C18H19NO4/c1-13(14-7-4-3-5-8-14)19-12-6-9-15(19)16(20)23-18(10-11-18)17(21)22-2/h3-9,12-13H,10-11H2,1-2H3/t13-/m1/s1. The third kappa shape index (κ3) is 2.86. The second-order valence-electron chi connectivity index (χ2n) is 5.76. The number of benzene rings is 1. The Balaban J connectivity index is 1.81. The maximum atomic E-state index is 12.5. The van der Waals surface area contributed by atoms with Gasteiger partial charge < -0.3 is 14.0 Å². The van der Waals surface area contributed by atoms with Crippen molar-refractivity contribution in [3.63, 3.8) is 0 Å². The summed E-state index contributed by atoms with van der Waals surface area (Å²) in [5.41, 5.74) is 0.431. The number of hydrogen-bond acceptors (Lipinski definition) is 4. The van der Waals surface area contributed by atoms with E-state index in [-0.39, 0.29) is 6.04 Å². The van der Waals surface area contributed by atoms with Gasteiger partial charge in [0.1, 0.15) is 5.69 Å². The van der Waals surface area contributed by atoms with Crippen LogP contribution in [0.15, 0.2) is 48.7 Å². The molecule has 1 fully saturated rings. The quantitative estimate of drug-likeness (QED) is 0.796. The molecule has 0 N–H and O–H groups in total. The minimum Gasteiger partial charge on any atom is -0.466 e. The average Bonchev–Trinajstić information content (AvgIpc) is 3.19. The van der Waals surface area contributed by atoms with Gasteiger partial charge in [-0.1, -0.05) is 30.3 Å². The van der Waals surface area contributed by atoms with Crippen LogP contribution in [-0.4, -0.2) is 29.2 Å². The van der Waals surface area contributed by atoms with Crippen molar-refractivity contribution in [1.29, 1.82) is 0 Å². The van der Waals surface area contributed by atoms with E-state index in [2.05, 4.69) is 0 Å². The Morgan fingerprint density at radius 1 is 1.13 bits per heavy atom. The van der Waals surface area contributed by atoms with Crippen molar-refractivity contribution < 1.29 is 19.1 Å². The number of methoxy groups -OCH3 is 1. The highest BCUT2D eigenvalue weighted by Gasteiger charge is 2.55. The van der Waals surface area contributed by atoms with E-state index in [0.29, 0.717) is 18.5 Å². The highest BCUT2D eigenvalue weighted by atomic mass is 16.6. The van der Waals surface area contributed by atoms with Gasteiger partial charge in [0.05, 0.1) is 13.2 Å². The molecule has 1 aliphatic carbocycles. The Morgan fingerprint density at radius 3 is 2.43 bits per heavy atom. The third-order valence-electron chi connectivity index (χ3n) is 4.24. The molecule has 0 aliphatic heterocycles. The van der Waals surface area contributed by atoms with E-state index in [1.54, 1.807) is 12.1 Å². The number of carbonyl (C=O) groups is 2. The van der Waals surface area contributed by atoms with Crippen LogP contribution in [0, 0.1) is 0 Å². The van der Waals surface area contributed by atoms with Gasteiger partial charge in [-0.25, -0.2) is 9.59 Å². The number of hydrogen-bond donors (Lipinski definition) is 0. The van der Waals surface area contributed by atoms with Gasteiger partial charge in [-0.2, -0.15) is 0 Å². The second kappa shape index (κ2) is 5.91. The van der Waals surface area contributed by atoms with Crippen molar-refractivity contribution in [2.75, 3.05) is 7.11 Å². The largest absolute Gasteiger partial charge is 0.466 e. The van der Waals surface area contributed by atoms with Crippen molar-refractivity contribution >= 4 is 11.9 Å². The van der Waals surface area contributed by atoms with E-state index in [1.165, 1.54) is 7.11 Å². The number of nitrogens with zero attached hydrogens (tertiary/aromatic N) is 1. The molecular formula is C18H19NO4. The fourth-order valence-electron chi connectivity index (χ4n) is 2.67. The summed E-state index contributed by atoms with van der Waals surface area (Å²) in [6, 6.07) is 13.4. The molecule has 1 heterocycles. The summed E-state index contributed by atoms with van der Waals surface area (Å²) in [6.07, 6.45) is 2.87. The molecule has 1 aromatic carbocycles. The first-order valence-corrected chi connectivity index (χ1v) is 7.61. The molecule has 1 saturated carbocycles. The summed E-state index contributed by atoms with van der Waals surface area (Å²) in [5.74, 6) is -0.985. The normalized spacial score (nSPS) is 16.4. The zero-order valence-corrected chi connectivity index (χ0v) is 13.2. The van der Waals surface area contributed by atoms with Crippen LogP contribution in [0.2, 0.25) is 0 Å². The van der Waals surface area contributed by atoms with Crippen LogP contribution in [0.1, 0.15) is 41.9 Å². The predicted molar refractivity (Wildman–Crippen MR) is 84.1 cm³/mol. The molecule has 0 spiro atoms. The molecule has 5 nitrogen and oxygen atoms in total. The van der Waals surface area contributed by atoms with Gasteiger partial charge in [0.25, 0.3) is 0 Å². The maximum absolute atomic E-state index is 12.5. The van der Waals surface area contributed by atoms with Crippen molar-refractivity contribution in [2.45, 2.75) is 31.4 Å². The van der Waals surface area contributed by atoms with E-state index in [9.17, 15) is 9.59 Å². The molecule has 3 rings (SSSR count). The minimum atomic E-state index is -1.09. The number of aromatic nitrogens is 1. The van der Waals surface area contributed by atoms with Gasteiger partial charge in [-0.3, -0.25) is 0 Å². The van der Waals surface area contributed by atoms with Crippen molar-refractivity contribution in [2.24, 2.45) is 0 Å². The van der Waals surface area contributed by atoms with Crippen molar-refractivity contribution in [1.82, 2.24) is 4.57 Å². The van der Waals surface area contributed by atoms with Crippen LogP contribution < -0.4 is 0 Å². The summed E-state index contributed by atoms with van der Waals surface area (Å²) in [4.78, 5) is 24.2. The summed E-state index contributed by atoms with van der Waals surface area (Å²) >= 11 is 0. The lowest BCUT2D eigenvalue weighted by atomic mass is 10.1. The third-order valence-corrected chi connectivity index (χ3v) is 4.24. The molecule has 1 aromatic heterocycles. The monoisotopic (exact) mass is 313 g/mol. The van der Waals surface area contributed by atoms with Crippen LogP contribution in [0.4, 0.5) is 0 Å². The lowest BCUT2D eigenvalue weighted by Crippen LogP contribution is -2.31. The highest BCUT2D eigenvalue weighted by Crippen LogP contribution is 2.41. The Kier molecular flexibility index (Phi) is 3.94. The summed E-state index contributed by atoms with van der Waals surface area (Å²) in [5, 5.41) is 0. The maximum Gasteiger partial charge on any atom is 0.356 e. The van der Waals surface area contributed by atoms with E-state index in [0.717, 1.165) is 5.56 Å². The first kappa shape index (κ1) is 15.3. The van der Waals surface area contributed by atoms with E-state index >= 15 is 0 Å². The Morgan fingerprint density at radius 2 is 1.83 bits per heavy atom. The number of ether oxygens (including phenoxy) is 2. The molecule has 5 heteroatoms. The van der Waals surface area contributed by atoms with E-state index < -0.39 is 17.5 Å². The average molecular weight is 313 g/mol. The topological polar surface area (TPSA) is 57.5 Å². The zero-order valence-electron chi connectivity index (χ0n) is 13.2. The molecule has 1 aliphatic rings. The molecule has 0 bridgehead atoms. The van der Waals surface area contributed by atoms with Crippen LogP contribution in [0.3, 0.4) is 0 Å². The fourth-order valence-corrected chi connectivity index (χ4v) is 2.67. The predicted octanol–water partition coefficient (Wildman–Crippen LogP) is 2.96. The Labute approximate surface area is 134 Å². The first-order valence-electron chi connectivity index (χ1n) is 7.61. The second-order valence-corrected chi connectivity index (χ2v) is 5.76. The van der Waals surface area contributed by atoms with Gasteiger partial charge in [0, 0.05) is 19.0 Å². The SMILES string of the molecule is COC(=O)C1(OC(=O)c2cccn2[C@H](C)c2ccccc2)CC1. The van der Waals surface area contributed by atoms with Crippen LogP contribution in [0.25, 0.3) is 0 Å². The number of esters is 2. The van der Waals surface area contributed by atoms with Crippen molar-refractivity contribution in [3.8, 4) is 0 Å². The summed E-state index contributed by atoms with van der Waals surface area (Å²) in [6.45, 7) is 2.01. The van der Waals surface area contributed by atoms with Gasteiger partial charge >= 0.3 is 11.9 Å². The zero-order chi connectivity index (χ0) is 16.4. The molecule has 0 amide bonds. The molecule has 0 unspecified atom stereocenters. The smallest absolute Gasteiger partial charge is 0.356 e. The van der Waals surface area contributed by atoms with Crippen LogP contribution in [-0.2, 0) is 14.3 Å². The summed E-state index contributed by atoms with van der Waals surface area (Å²) in [7, 11) is 1.30.